The Morgan fingerprint density at radius 3 is 2.29 bits per heavy atom. The van der Waals surface area contributed by atoms with Crippen molar-refractivity contribution in [1.82, 2.24) is 0 Å². The van der Waals surface area contributed by atoms with Crippen LogP contribution in [0.2, 0.25) is 0 Å². The first-order valence-electron chi connectivity index (χ1n) is 5.91. The number of carbonyl (C=O) groups excluding carboxylic acids is 1. The molecule has 0 fully saturated rings. The normalized spacial score (nSPS) is 10.1. The van der Waals surface area contributed by atoms with Crippen LogP contribution in [0.1, 0.15) is 30.0 Å². The zero-order valence-corrected chi connectivity index (χ0v) is 11.0. The molecule has 0 aliphatic heterocycles. The summed E-state index contributed by atoms with van der Waals surface area (Å²) in [5, 5.41) is 0. The monoisotopic (exact) mass is 236 g/mol. The summed E-state index contributed by atoms with van der Waals surface area (Å²) in [4.78, 5) is 11.3. The quantitative estimate of drug-likeness (QED) is 0.737. The van der Waals surface area contributed by atoms with Gasteiger partial charge in [0.05, 0.1) is 6.61 Å². The third-order valence-corrected chi connectivity index (χ3v) is 2.41. The number of aryl methyl sites for hydroxylation is 3. The number of benzene rings is 1. The van der Waals surface area contributed by atoms with Gasteiger partial charge in [-0.05, 0) is 38.3 Å². The Balaban J connectivity index is 2.60. The third kappa shape index (κ3) is 4.10. The van der Waals surface area contributed by atoms with E-state index in [0.717, 1.165) is 23.3 Å². The maximum Gasteiger partial charge on any atom is 0.344 e. The molecule has 0 aliphatic rings. The molecule has 0 unspecified atom stereocenters. The van der Waals surface area contributed by atoms with E-state index in [-0.39, 0.29) is 12.6 Å². The second-order valence-corrected chi connectivity index (χ2v) is 4.24. The van der Waals surface area contributed by atoms with E-state index in [9.17, 15) is 4.79 Å². The molecule has 0 radical (unpaired) electrons. The van der Waals surface area contributed by atoms with Gasteiger partial charge in [-0.1, -0.05) is 24.6 Å². The van der Waals surface area contributed by atoms with Crippen LogP contribution in [0.5, 0.6) is 5.75 Å². The van der Waals surface area contributed by atoms with E-state index >= 15 is 0 Å². The molecule has 1 aromatic rings. The Kier molecular flexibility index (Phi) is 5.01. The highest BCUT2D eigenvalue weighted by molar-refractivity contribution is 5.71. The Morgan fingerprint density at radius 2 is 1.76 bits per heavy atom. The summed E-state index contributed by atoms with van der Waals surface area (Å²) in [5.74, 6) is 0.468. The fraction of sp³-hybridized carbons (Fsp3) is 0.500. The molecule has 17 heavy (non-hydrogen) atoms. The first-order chi connectivity index (χ1) is 8.04. The van der Waals surface area contributed by atoms with E-state index in [4.69, 9.17) is 9.47 Å². The summed E-state index contributed by atoms with van der Waals surface area (Å²) in [6, 6.07) is 4.08. The van der Waals surface area contributed by atoms with Gasteiger partial charge in [0.2, 0.25) is 0 Å². The summed E-state index contributed by atoms with van der Waals surface area (Å²) in [7, 11) is 0. The second kappa shape index (κ2) is 6.28. The first kappa shape index (κ1) is 13.6. The largest absolute Gasteiger partial charge is 0.481 e. The van der Waals surface area contributed by atoms with Gasteiger partial charge in [-0.25, -0.2) is 4.79 Å². The van der Waals surface area contributed by atoms with Crippen molar-refractivity contribution in [3.63, 3.8) is 0 Å². The standard InChI is InChI=1S/C14H20O3/c1-5-6-16-13(15)9-17-14-11(3)7-10(2)8-12(14)4/h7-8H,5-6,9H2,1-4H3. The van der Waals surface area contributed by atoms with Gasteiger partial charge >= 0.3 is 5.97 Å². The lowest BCUT2D eigenvalue weighted by Gasteiger charge is -2.12. The van der Waals surface area contributed by atoms with Gasteiger partial charge in [0.1, 0.15) is 5.75 Å². The molecular weight excluding hydrogens is 216 g/mol. The molecule has 0 heterocycles. The van der Waals surface area contributed by atoms with Crippen molar-refractivity contribution in [2.45, 2.75) is 34.1 Å². The molecule has 0 spiro atoms. The number of hydrogen-bond donors (Lipinski definition) is 0. The Hall–Kier alpha value is -1.51. The van der Waals surface area contributed by atoms with Crippen molar-refractivity contribution < 1.29 is 14.3 Å². The summed E-state index contributed by atoms with van der Waals surface area (Å²) in [6.07, 6.45) is 0.828. The van der Waals surface area contributed by atoms with Gasteiger partial charge in [0.25, 0.3) is 0 Å². The molecule has 0 aliphatic carbocycles. The molecule has 0 saturated heterocycles. The highest BCUT2D eigenvalue weighted by atomic mass is 16.6. The number of rotatable bonds is 5. The Labute approximate surface area is 103 Å². The predicted octanol–water partition coefficient (Wildman–Crippen LogP) is 2.94. The molecule has 94 valence electrons. The zero-order chi connectivity index (χ0) is 12.8. The maximum absolute atomic E-state index is 11.3. The fourth-order valence-corrected chi connectivity index (χ4v) is 1.78. The molecular formula is C14H20O3. The second-order valence-electron chi connectivity index (χ2n) is 4.24. The van der Waals surface area contributed by atoms with Gasteiger partial charge in [0, 0.05) is 0 Å². The zero-order valence-electron chi connectivity index (χ0n) is 11.0. The van der Waals surface area contributed by atoms with E-state index in [1.807, 2.05) is 39.8 Å². The molecule has 0 aromatic heterocycles. The molecule has 0 amide bonds. The summed E-state index contributed by atoms with van der Waals surface area (Å²) in [5.41, 5.74) is 3.29. The lowest BCUT2D eigenvalue weighted by molar-refractivity contribution is -0.146. The van der Waals surface area contributed by atoms with Crippen LogP contribution in [0, 0.1) is 20.8 Å². The smallest absolute Gasteiger partial charge is 0.344 e. The number of esters is 1. The predicted molar refractivity (Wildman–Crippen MR) is 67.4 cm³/mol. The van der Waals surface area contributed by atoms with Crippen LogP contribution in [0.25, 0.3) is 0 Å². The summed E-state index contributed by atoms with van der Waals surface area (Å²) in [6.45, 7) is 8.39. The van der Waals surface area contributed by atoms with Crippen LogP contribution in [-0.2, 0) is 9.53 Å². The van der Waals surface area contributed by atoms with Crippen LogP contribution in [-0.4, -0.2) is 19.2 Å². The van der Waals surface area contributed by atoms with Gasteiger partial charge in [0.15, 0.2) is 6.61 Å². The Morgan fingerprint density at radius 1 is 1.18 bits per heavy atom. The van der Waals surface area contributed by atoms with Crippen molar-refractivity contribution in [1.29, 1.82) is 0 Å². The SMILES string of the molecule is CCCOC(=O)COc1c(C)cc(C)cc1C. The van der Waals surface area contributed by atoms with Gasteiger partial charge < -0.3 is 9.47 Å². The number of hydrogen-bond acceptors (Lipinski definition) is 3. The van der Waals surface area contributed by atoms with Crippen molar-refractivity contribution in [2.75, 3.05) is 13.2 Å². The lowest BCUT2D eigenvalue weighted by atomic mass is 10.1. The van der Waals surface area contributed by atoms with Gasteiger partial charge in [-0.2, -0.15) is 0 Å². The minimum atomic E-state index is -0.314. The molecule has 3 nitrogen and oxygen atoms in total. The molecule has 0 bridgehead atoms. The molecule has 1 aromatic carbocycles. The van der Waals surface area contributed by atoms with Crippen LogP contribution in [0.4, 0.5) is 0 Å². The van der Waals surface area contributed by atoms with Crippen molar-refractivity contribution in [3.05, 3.63) is 28.8 Å². The van der Waals surface area contributed by atoms with E-state index in [1.54, 1.807) is 0 Å². The van der Waals surface area contributed by atoms with E-state index in [1.165, 1.54) is 5.56 Å². The topological polar surface area (TPSA) is 35.5 Å². The number of carbonyl (C=O) groups is 1. The van der Waals surface area contributed by atoms with Crippen LogP contribution < -0.4 is 4.74 Å². The highest BCUT2D eigenvalue weighted by Crippen LogP contribution is 2.24. The summed E-state index contributed by atoms with van der Waals surface area (Å²) >= 11 is 0. The van der Waals surface area contributed by atoms with Crippen molar-refractivity contribution >= 4 is 5.97 Å². The van der Waals surface area contributed by atoms with Crippen LogP contribution >= 0.6 is 0 Å². The molecule has 0 N–H and O–H groups in total. The third-order valence-electron chi connectivity index (χ3n) is 2.41. The van der Waals surface area contributed by atoms with E-state index < -0.39 is 0 Å². The van der Waals surface area contributed by atoms with Crippen molar-refractivity contribution in [3.8, 4) is 5.75 Å². The van der Waals surface area contributed by atoms with Crippen molar-refractivity contribution in [2.24, 2.45) is 0 Å². The molecule has 3 heteroatoms. The molecule has 0 saturated carbocycles. The van der Waals surface area contributed by atoms with Crippen LogP contribution in [0.15, 0.2) is 12.1 Å². The average molecular weight is 236 g/mol. The first-order valence-corrected chi connectivity index (χ1v) is 5.91. The van der Waals surface area contributed by atoms with Crippen LogP contribution in [0.3, 0.4) is 0 Å². The Bertz CT molecular complexity index is 373. The molecule has 1 rings (SSSR count). The minimum absolute atomic E-state index is 0.0231. The van der Waals surface area contributed by atoms with Gasteiger partial charge in [-0.15, -0.1) is 0 Å². The highest BCUT2D eigenvalue weighted by Gasteiger charge is 2.08. The fourth-order valence-electron chi connectivity index (χ4n) is 1.78. The number of ether oxygens (including phenoxy) is 2. The lowest BCUT2D eigenvalue weighted by Crippen LogP contribution is -2.16. The minimum Gasteiger partial charge on any atom is -0.481 e. The van der Waals surface area contributed by atoms with Gasteiger partial charge in [-0.3, -0.25) is 0 Å². The summed E-state index contributed by atoms with van der Waals surface area (Å²) < 4.78 is 10.5. The maximum atomic E-state index is 11.3. The molecule has 0 atom stereocenters. The average Bonchev–Trinajstić information content (AvgIpc) is 2.24. The van der Waals surface area contributed by atoms with E-state index in [0.29, 0.717) is 6.61 Å². The van der Waals surface area contributed by atoms with E-state index in [2.05, 4.69) is 0 Å².